The fourth-order valence-corrected chi connectivity index (χ4v) is 5.61. The highest BCUT2D eigenvalue weighted by atomic mass is 16.1. The minimum atomic E-state index is 0.249. The van der Waals surface area contributed by atoms with Gasteiger partial charge in [0.1, 0.15) is 0 Å². The lowest BCUT2D eigenvalue weighted by atomic mass is 9.73. The van der Waals surface area contributed by atoms with Crippen molar-refractivity contribution in [2.45, 2.75) is 68.9 Å². The van der Waals surface area contributed by atoms with Gasteiger partial charge in [-0.2, -0.15) is 0 Å². The van der Waals surface area contributed by atoms with E-state index in [4.69, 9.17) is 0 Å². The highest BCUT2D eigenvalue weighted by molar-refractivity contribution is 5.77. The molecule has 1 aliphatic heterocycles. The van der Waals surface area contributed by atoms with Crippen LogP contribution >= 0.6 is 0 Å². The number of rotatable bonds is 5. The Kier molecular flexibility index (Phi) is 5.13. The number of hydrogen-bond acceptors (Lipinski definition) is 3. The van der Waals surface area contributed by atoms with Crippen molar-refractivity contribution in [1.29, 1.82) is 0 Å². The molecule has 1 aromatic carbocycles. The third-order valence-electron chi connectivity index (χ3n) is 7.44. The summed E-state index contributed by atoms with van der Waals surface area (Å²) in [6, 6.07) is 15.5. The summed E-state index contributed by atoms with van der Waals surface area (Å²) in [5, 5.41) is 3.25. The van der Waals surface area contributed by atoms with Crippen LogP contribution < -0.4 is 5.32 Å². The summed E-state index contributed by atoms with van der Waals surface area (Å²) in [6.45, 7) is 3.14. The highest BCUT2D eigenvalue weighted by Gasteiger charge is 2.45. The maximum absolute atomic E-state index is 12.6. The topological polar surface area (TPSA) is 45.2 Å². The van der Waals surface area contributed by atoms with Gasteiger partial charge in [0.25, 0.3) is 0 Å². The van der Waals surface area contributed by atoms with Crippen molar-refractivity contribution < 1.29 is 4.79 Å². The Morgan fingerprint density at radius 2 is 1.90 bits per heavy atom. The lowest BCUT2D eigenvalue weighted by molar-refractivity contribution is -0.122. The molecule has 2 aromatic rings. The van der Waals surface area contributed by atoms with Gasteiger partial charge in [-0.25, -0.2) is 0 Å². The highest BCUT2D eigenvalue weighted by Crippen LogP contribution is 2.52. The van der Waals surface area contributed by atoms with Crippen molar-refractivity contribution in [2.75, 3.05) is 13.1 Å². The molecule has 3 aliphatic rings. The molecule has 5 rings (SSSR count). The molecule has 1 saturated heterocycles. The largest absolute Gasteiger partial charge is 0.353 e. The van der Waals surface area contributed by atoms with Crippen molar-refractivity contribution in [2.24, 2.45) is 0 Å². The molecule has 1 aromatic heterocycles. The molecule has 4 heteroatoms. The molecule has 4 nitrogen and oxygen atoms in total. The Bertz CT molecular complexity index is 853. The minimum absolute atomic E-state index is 0.249. The molecule has 29 heavy (non-hydrogen) atoms. The number of benzene rings is 1. The van der Waals surface area contributed by atoms with Crippen molar-refractivity contribution >= 4 is 5.91 Å². The third kappa shape index (κ3) is 3.83. The van der Waals surface area contributed by atoms with Gasteiger partial charge in [-0.15, -0.1) is 0 Å². The Morgan fingerprint density at radius 3 is 2.62 bits per heavy atom. The van der Waals surface area contributed by atoms with Crippen LogP contribution in [0.2, 0.25) is 0 Å². The van der Waals surface area contributed by atoms with E-state index in [0.29, 0.717) is 18.4 Å². The van der Waals surface area contributed by atoms with Crippen LogP contribution in [0.4, 0.5) is 0 Å². The van der Waals surface area contributed by atoms with Gasteiger partial charge < -0.3 is 5.32 Å². The molecule has 1 spiro atoms. The summed E-state index contributed by atoms with van der Waals surface area (Å²) in [7, 11) is 0. The SMILES string of the molecule is O=C(C[C@H]1CC2(CCN(Cc3ccccn3)CC2)c2ccccc21)NC1CCC1. The van der Waals surface area contributed by atoms with Gasteiger partial charge >= 0.3 is 0 Å². The number of likely N-dealkylation sites (tertiary alicyclic amines) is 1. The molecule has 1 N–H and O–H groups in total. The van der Waals surface area contributed by atoms with E-state index >= 15 is 0 Å². The zero-order valence-electron chi connectivity index (χ0n) is 17.1. The molecule has 1 saturated carbocycles. The van der Waals surface area contributed by atoms with Gasteiger partial charge in [-0.1, -0.05) is 30.3 Å². The molecule has 2 heterocycles. The number of carbonyl (C=O) groups excluding carboxylic acids is 1. The zero-order valence-corrected chi connectivity index (χ0v) is 17.1. The Hall–Kier alpha value is -2.20. The van der Waals surface area contributed by atoms with E-state index in [1.807, 2.05) is 12.3 Å². The first-order valence-corrected chi connectivity index (χ1v) is 11.2. The fraction of sp³-hybridized carbons (Fsp3) is 0.520. The lowest BCUT2D eigenvalue weighted by Gasteiger charge is -2.40. The molecular weight excluding hydrogens is 358 g/mol. The second-order valence-electron chi connectivity index (χ2n) is 9.27. The number of pyridine rings is 1. The van der Waals surface area contributed by atoms with Crippen LogP contribution in [-0.4, -0.2) is 34.9 Å². The summed E-state index contributed by atoms with van der Waals surface area (Å²) in [6.07, 6.45) is 9.58. The van der Waals surface area contributed by atoms with E-state index in [0.717, 1.165) is 44.6 Å². The average Bonchev–Trinajstić information content (AvgIpc) is 3.01. The lowest BCUT2D eigenvalue weighted by Crippen LogP contribution is -2.41. The Balaban J connectivity index is 1.26. The molecule has 2 fully saturated rings. The first kappa shape index (κ1) is 18.8. The zero-order chi connectivity index (χ0) is 19.7. The van der Waals surface area contributed by atoms with Crippen LogP contribution in [0.25, 0.3) is 0 Å². The number of fused-ring (bicyclic) bond motifs is 2. The molecule has 0 unspecified atom stereocenters. The number of aromatic nitrogens is 1. The van der Waals surface area contributed by atoms with Crippen LogP contribution in [0.1, 0.15) is 67.7 Å². The van der Waals surface area contributed by atoms with E-state index in [1.54, 1.807) is 0 Å². The predicted octanol–water partition coefficient (Wildman–Crippen LogP) is 4.16. The number of hydrogen-bond donors (Lipinski definition) is 1. The summed E-state index contributed by atoms with van der Waals surface area (Å²) in [5.74, 6) is 0.618. The van der Waals surface area contributed by atoms with E-state index in [-0.39, 0.29) is 11.3 Å². The van der Waals surface area contributed by atoms with Crippen LogP contribution in [0.5, 0.6) is 0 Å². The van der Waals surface area contributed by atoms with E-state index < -0.39 is 0 Å². The van der Waals surface area contributed by atoms with Gasteiger partial charge in [0.15, 0.2) is 0 Å². The van der Waals surface area contributed by atoms with Gasteiger partial charge in [0.05, 0.1) is 5.69 Å². The molecule has 0 bridgehead atoms. The van der Waals surface area contributed by atoms with E-state index in [1.165, 1.54) is 30.4 Å². The van der Waals surface area contributed by atoms with Crippen LogP contribution in [0.3, 0.4) is 0 Å². The van der Waals surface area contributed by atoms with Gasteiger partial charge in [-0.05, 0) is 86.2 Å². The van der Waals surface area contributed by atoms with Gasteiger partial charge in [-0.3, -0.25) is 14.7 Å². The average molecular weight is 390 g/mol. The standard InChI is InChI=1S/C25H31N3O/c29-24(27-20-7-5-8-20)16-19-17-25(23-10-2-1-9-22(19)23)11-14-28(15-12-25)18-21-6-3-4-13-26-21/h1-4,6,9-10,13,19-20H,5,7-8,11-12,14-18H2,(H,27,29)/t19-/m0/s1. The summed E-state index contributed by atoms with van der Waals surface area (Å²) in [4.78, 5) is 19.6. The van der Waals surface area contributed by atoms with E-state index in [9.17, 15) is 4.79 Å². The Morgan fingerprint density at radius 1 is 1.10 bits per heavy atom. The maximum atomic E-state index is 12.6. The number of nitrogens with zero attached hydrogens (tertiary/aromatic N) is 2. The van der Waals surface area contributed by atoms with Crippen LogP contribution in [-0.2, 0) is 16.8 Å². The first-order chi connectivity index (χ1) is 14.2. The minimum Gasteiger partial charge on any atom is -0.353 e. The van der Waals surface area contributed by atoms with Crippen LogP contribution in [0, 0.1) is 0 Å². The number of carbonyl (C=O) groups is 1. The molecule has 1 atom stereocenters. The fourth-order valence-electron chi connectivity index (χ4n) is 5.61. The number of piperidine rings is 1. The summed E-state index contributed by atoms with van der Waals surface area (Å²) < 4.78 is 0. The molecule has 1 amide bonds. The van der Waals surface area contributed by atoms with Crippen LogP contribution in [0.15, 0.2) is 48.7 Å². The summed E-state index contributed by atoms with van der Waals surface area (Å²) in [5.41, 5.74) is 4.34. The van der Waals surface area contributed by atoms with E-state index in [2.05, 4.69) is 51.6 Å². The van der Waals surface area contributed by atoms with Gasteiger partial charge in [0, 0.05) is 25.2 Å². The van der Waals surface area contributed by atoms with Crippen molar-refractivity contribution in [3.8, 4) is 0 Å². The second kappa shape index (κ2) is 7.91. The molecule has 0 radical (unpaired) electrons. The number of amides is 1. The summed E-state index contributed by atoms with van der Waals surface area (Å²) >= 11 is 0. The van der Waals surface area contributed by atoms with Crippen molar-refractivity contribution in [3.63, 3.8) is 0 Å². The molecular formula is C25H31N3O. The van der Waals surface area contributed by atoms with Gasteiger partial charge in [0.2, 0.25) is 5.91 Å². The monoisotopic (exact) mass is 389 g/mol. The maximum Gasteiger partial charge on any atom is 0.220 e. The third-order valence-corrected chi connectivity index (χ3v) is 7.44. The molecule has 152 valence electrons. The predicted molar refractivity (Wildman–Crippen MR) is 115 cm³/mol. The van der Waals surface area contributed by atoms with Crippen molar-refractivity contribution in [3.05, 3.63) is 65.5 Å². The van der Waals surface area contributed by atoms with Crippen molar-refractivity contribution in [1.82, 2.24) is 15.2 Å². The first-order valence-electron chi connectivity index (χ1n) is 11.2. The number of nitrogens with one attached hydrogen (secondary N) is 1. The quantitative estimate of drug-likeness (QED) is 0.835. The second-order valence-corrected chi connectivity index (χ2v) is 9.27. The normalized spacial score (nSPS) is 23.5. The molecule has 2 aliphatic carbocycles. The smallest absolute Gasteiger partial charge is 0.220 e. The Labute approximate surface area is 173 Å².